The minimum atomic E-state index is 0.370. The predicted molar refractivity (Wildman–Crippen MR) is 95.6 cm³/mol. The highest BCUT2D eigenvalue weighted by Crippen LogP contribution is 2.40. The van der Waals surface area contributed by atoms with Crippen LogP contribution in [-0.4, -0.2) is 45.3 Å². The number of nitrogens with zero attached hydrogens (tertiary/aromatic N) is 1. The molecule has 1 aromatic carbocycles. The number of methoxy groups -OCH3 is 2. The Bertz CT molecular complexity index is 459. The second-order valence-electron chi connectivity index (χ2n) is 6.38. The molecule has 0 unspecified atom stereocenters. The van der Waals surface area contributed by atoms with Crippen molar-refractivity contribution in [1.82, 2.24) is 10.2 Å². The third kappa shape index (κ3) is 4.61. The summed E-state index contributed by atoms with van der Waals surface area (Å²) in [5, 5.41) is 3.45. The van der Waals surface area contributed by atoms with E-state index in [1.807, 2.05) is 0 Å². The Morgan fingerprint density at radius 2 is 1.70 bits per heavy atom. The fourth-order valence-corrected chi connectivity index (χ4v) is 3.49. The van der Waals surface area contributed by atoms with Gasteiger partial charge < -0.3 is 14.8 Å². The maximum Gasteiger partial charge on any atom is 0.127 e. The van der Waals surface area contributed by atoms with E-state index in [-0.39, 0.29) is 0 Å². The van der Waals surface area contributed by atoms with Gasteiger partial charge in [-0.1, -0.05) is 26.2 Å². The van der Waals surface area contributed by atoms with Crippen LogP contribution in [0.15, 0.2) is 12.1 Å². The van der Waals surface area contributed by atoms with Crippen LogP contribution in [0.25, 0.3) is 0 Å². The zero-order valence-corrected chi connectivity index (χ0v) is 15.2. The van der Waals surface area contributed by atoms with Gasteiger partial charge in [-0.3, -0.25) is 4.90 Å². The maximum atomic E-state index is 5.72. The van der Waals surface area contributed by atoms with Crippen molar-refractivity contribution >= 4 is 0 Å². The largest absolute Gasteiger partial charge is 0.496 e. The lowest BCUT2D eigenvalue weighted by Crippen LogP contribution is -2.45. The lowest BCUT2D eigenvalue weighted by Gasteiger charge is -2.36. The standard InChI is InChI=1S/C19H32N2O2/c1-5-6-7-8-16(21-11-9-20-10-12-21)19-17(22-3)13-15(2)14-18(19)23-4/h13-14,16,20H,5-12H2,1-4H3/t16-/m0/s1. The van der Waals surface area contributed by atoms with Gasteiger partial charge in [-0.15, -0.1) is 0 Å². The van der Waals surface area contributed by atoms with Crippen molar-refractivity contribution in [2.75, 3.05) is 40.4 Å². The van der Waals surface area contributed by atoms with E-state index in [4.69, 9.17) is 9.47 Å². The van der Waals surface area contributed by atoms with Crippen molar-refractivity contribution in [3.63, 3.8) is 0 Å². The normalized spacial score (nSPS) is 17.0. The summed E-state index contributed by atoms with van der Waals surface area (Å²) in [6.45, 7) is 8.62. The first-order valence-corrected chi connectivity index (χ1v) is 8.88. The van der Waals surface area contributed by atoms with Crippen LogP contribution >= 0.6 is 0 Å². The maximum absolute atomic E-state index is 5.72. The van der Waals surface area contributed by atoms with Crippen molar-refractivity contribution < 1.29 is 9.47 Å². The van der Waals surface area contributed by atoms with Gasteiger partial charge in [-0.25, -0.2) is 0 Å². The first-order valence-electron chi connectivity index (χ1n) is 8.88. The number of piperazine rings is 1. The number of benzene rings is 1. The third-order valence-electron chi connectivity index (χ3n) is 4.69. The van der Waals surface area contributed by atoms with Crippen molar-refractivity contribution in [2.45, 2.75) is 45.6 Å². The Morgan fingerprint density at radius 3 is 2.22 bits per heavy atom. The number of hydrogen-bond donors (Lipinski definition) is 1. The number of hydrogen-bond acceptors (Lipinski definition) is 4. The number of nitrogens with one attached hydrogen (secondary N) is 1. The minimum Gasteiger partial charge on any atom is -0.496 e. The molecule has 2 rings (SSSR count). The molecule has 0 radical (unpaired) electrons. The fourth-order valence-electron chi connectivity index (χ4n) is 3.49. The van der Waals surface area contributed by atoms with E-state index in [9.17, 15) is 0 Å². The van der Waals surface area contributed by atoms with Gasteiger partial charge in [0.1, 0.15) is 11.5 Å². The molecule has 1 aliphatic heterocycles. The Balaban J connectivity index is 2.36. The molecule has 0 spiro atoms. The summed E-state index contributed by atoms with van der Waals surface area (Å²) in [5.41, 5.74) is 2.40. The summed E-state index contributed by atoms with van der Waals surface area (Å²) in [5.74, 6) is 1.92. The lowest BCUT2D eigenvalue weighted by atomic mass is 9.95. The summed E-state index contributed by atoms with van der Waals surface area (Å²) in [4.78, 5) is 2.59. The van der Waals surface area contributed by atoms with Crippen molar-refractivity contribution in [3.8, 4) is 11.5 Å². The highest BCUT2D eigenvalue weighted by Gasteiger charge is 2.27. The molecular weight excluding hydrogens is 288 g/mol. The highest BCUT2D eigenvalue weighted by molar-refractivity contribution is 5.50. The van der Waals surface area contributed by atoms with Gasteiger partial charge in [-0.2, -0.15) is 0 Å². The smallest absolute Gasteiger partial charge is 0.127 e. The summed E-state index contributed by atoms with van der Waals surface area (Å²) >= 11 is 0. The van der Waals surface area contributed by atoms with Crippen molar-refractivity contribution in [1.29, 1.82) is 0 Å². The van der Waals surface area contributed by atoms with Crippen LogP contribution in [0.3, 0.4) is 0 Å². The molecule has 0 saturated carbocycles. The number of unbranched alkanes of at least 4 members (excludes halogenated alkanes) is 2. The van der Waals surface area contributed by atoms with Gasteiger partial charge in [-0.05, 0) is 31.0 Å². The number of ether oxygens (including phenoxy) is 2. The quantitative estimate of drug-likeness (QED) is 0.743. The molecule has 0 aliphatic carbocycles. The van der Waals surface area contributed by atoms with Gasteiger partial charge >= 0.3 is 0 Å². The summed E-state index contributed by atoms with van der Waals surface area (Å²) in [7, 11) is 3.52. The van der Waals surface area contributed by atoms with Gasteiger partial charge in [0.05, 0.1) is 19.8 Å². The molecule has 4 nitrogen and oxygen atoms in total. The predicted octanol–water partition coefficient (Wildman–Crippen LogP) is 3.54. The summed E-state index contributed by atoms with van der Waals surface area (Å²) < 4.78 is 11.4. The van der Waals surface area contributed by atoms with E-state index in [0.717, 1.165) is 44.1 Å². The molecule has 1 aliphatic rings. The Labute approximate surface area is 141 Å². The minimum absolute atomic E-state index is 0.370. The first kappa shape index (κ1) is 18.1. The second kappa shape index (κ2) is 9.14. The lowest BCUT2D eigenvalue weighted by molar-refractivity contribution is 0.157. The van der Waals surface area contributed by atoms with Crippen LogP contribution in [0, 0.1) is 6.92 Å². The SMILES string of the molecule is CCCCC[C@@H](c1c(OC)cc(C)cc1OC)N1CCNCC1. The van der Waals surface area contributed by atoms with Crippen LogP contribution in [0.1, 0.15) is 49.8 Å². The molecule has 1 heterocycles. The molecule has 1 N–H and O–H groups in total. The van der Waals surface area contributed by atoms with Gasteiger partial charge in [0.25, 0.3) is 0 Å². The first-order chi connectivity index (χ1) is 11.2. The molecular formula is C19H32N2O2. The molecule has 1 aromatic rings. The number of rotatable bonds is 8. The monoisotopic (exact) mass is 320 g/mol. The van der Waals surface area contributed by atoms with E-state index in [1.165, 1.54) is 30.4 Å². The second-order valence-corrected chi connectivity index (χ2v) is 6.38. The fraction of sp³-hybridized carbons (Fsp3) is 0.684. The molecule has 130 valence electrons. The van der Waals surface area contributed by atoms with E-state index < -0.39 is 0 Å². The zero-order valence-electron chi connectivity index (χ0n) is 15.2. The van der Waals surface area contributed by atoms with Gasteiger partial charge in [0.2, 0.25) is 0 Å². The molecule has 1 saturated heterocycles. The van der Waals surface area contributed by atoms with Crippen molar-refractivity contribution in [2.24, 2.45) is 0 Å². The van der Waals surface area contributed by atoms with Crippen LogP contribution in [0.2, 0.25) is 0 Å². The molecule has 0 aromatic heterocycles. The van der Waals surface area contributed by atoms with Crippen molar-refractivity contribution in [3.05, 3.63) is 23.3 Å². The van der Waals surface area contributed by atoms with E-state index >= 15 is 0 Å². The topological polar surface area (TPSA) is 33.7 Å². The molecule has 0 amide bonds. The van der Waals surface area contributed by atoms with Gasteiger partial charge in [0.15, 0.2) is 0 Å². The molecule has 1 fully saturated rings. The third-order valence-corrected chi connectivity index (χ3v) is 4.69. The summed E-state index contributed by atoms with van der Waals surface area (Å²) in [6.07, 6.45) is 4.92. The molecule has 4 heteroatoms. The van der Waals surface area contributed by atoms with Crippen LogP contribution < -0.4 is 14.8 Å². The van der Waals surface area contributed by atoms with Crippen LogP contribution in [-0.2, 0) is 0 Å². The zero-order chi connectivity index (χ0) is 16.7. The molecule has 23 heavy (non-hydrogen) atoms. The highest BCUT2D eigenvalue weighted by atomic mass is 16.5. The van der Waals surface area contributed by atoms with E-state index in [0.29, 0.717) is 6.04 Å². The Hall–Kier alpha value is -1.26. The van der Waals surface area contributed by atoms with E-state index in [1.54, 1.807) is 14.2 Å². The van der Waals surface area contributed by atoms with E-state index in [2.05, 4.69) is 36.2 Å². The molecule has 0 bridgehead atoms. The molecule has 1 atom stereocenters. The summed E-state index contributed by atoms with van der Waals surface area (Å²) in [6, 6.07) is 4.63. The Morgan fingerprint density at radius 1 is 1.09 bits per heavy atom. The average molecular weight is 320 g/mol. The Kier molecular flexibility index (Phi) is 7.18. The number of aryl methyl sites for hydroxylation is 1. The van der Waals surface area contributed by atoms with Crippen LogP contribution in [0.5, 0.6) is 11.5 Å². The average Bonchev–Trinajstić information content (AvgIpc) is 2.59. The van der Waals surface area contributed by atoms with Crippen LogP contribution in [0.4, 0.5) is 0 Å². The van der Waals surface area contributed by atoms with Gasteiger partial charge in [0, 0.05) is 32.2 Å².